The molecule has 1 heterocycles. The van der Waals surface area contributed by atoms with Crippen LogP contribution < -0.4 is 10.6 Å². The molecule has 0 spiro atoms. The SMILES string of the molecule is C[C@@H](O)[C@H](NC(=O)C1CSCN1)C(=O)O. The first-order chi connectivity index (χ1) is 7.02. The topological polar surface area (TPSA) is 98.7 Å². The van der Waals surface area contributed by atoms with Crippen LogP contribution in [0.25, 0.3) is 0 Å². The molecule has 0 aromatic heterocycles. The third-order valence-electron chi connectivity index (χ3n) is 2.08. The number of nitrogens with one attached hydrogen (secondary N) is 2. The molecule has 6 nitrogen and oxygen atoms in total. The number of aliphatic carboxylic acids is 1. The first-order valence-electron chi connectivity index (χ1n) is 4.54. The lowest BCUT2D eigenvalue weighted by molar-refractivity contribution is -0.145. The average Bonchev–Trinajstić information content (AvgIpc) is 2.65. The van der Waals surface area contributed by atoms with Crippen LogP contribution in [-0.2, 0) is 9.59 Å². The number of carbonyl (C=O) groups excluding carboxylic acids is 1. The Kier molecular flexibility index (Phi) is 4.37. The van der Waals surface area contributed by atoms with Gasteiger partial charge in [0.05, 0.1) is 12.1 Å². The number of carbonyl (C=O) groups is 2. The monoisotopic (exact) mass is 234 g/mol. The van der Waals surface area contributed by atoms with Crippen LogP contribution in [0.1, 0.15) is 6.92 Å². The summed E-state index contributed by atoms with van der Waals surface area (Å²) >= 11 is 1.57. The summed E-state index contributed by atoms with van der Waals surface area (Å²) < 4.78 is 0. The second kappa shape index (κ2) is 5.34. The van der Waals surface area contributed by atoms with Gasteiger partial charge in [0.2, 0.25) is 5.91 Å². The third-order valence-corrected chi connectivity index (χ3v) is 3.02. The van der Waals surface area contributed by atoms with Crippen molar-refractivity contribution in [2.75, 3.05) is 11.6 Å². The summed E-state index contributed by atoms with van der Waals surface area (Å²) in [6.45, 7) is 1.33. The number of thioether (sulfide) groups is 1. The Morgan fingerprint density at radius 2 is 2.27 bits per heavy atom. The molecule has 86 valence electrons. The smallest absolute Gasteiger partial charge is 0.328 e. The van der Waals surface area contributed by atoms with Crippen LogP contribution in [0.2, 0.25) is 0 Å². The fraction of sp³-hybridized carbons (Fsp3) is 0.750. The summed E-state index contributed by atoms with van der Waals surface area (Å²) in [6.07, 6.45) is -1.11. The lowest BCUT2D eigenvalue weighted by Crippen LogP contribution is -2.53. The van der Waals surface area contributed by atoms with E-state index < -0.39 is 18.1 Å². The predicted octanol–water partition coefficient (Wildman–Crippen LogP) is -1.40. The van der Waals surface area contributed by atoms with Crippen molar-refractivity contribution < 1.29 is 19.8 Å². The van der Waals surface area contributed by atoms with Crippen molar-refractivity contribution in [2.45, 2.75) is 25.1 Å². The zero-order valence-corrected chi connectivity index (χ0v) is 9.08. The standard InChI is InChI=1S/C8H14N2O4S/c1-4(11)6(8(13)14)10-7(12)5-2-15-3-9-5/h4-6,9,11H,2-3H2,1H3,(H,10,12)(H,13,14)/t4-,5?,6+/m1/s1. The highest BCUT2D eigenvalue weighted by molar-refractivity contribution is 7.99. The summed E-state index contributed by atoms with van der Waals surface area (Å²) in [5.41, 5.74) is 0. The van der Waals surface area contributed by atoms with E-state index in [9.17, 15) is 9.59 Å². The fourth-order valence-corrected chi connectivity index (χ4v) is 2.15. The highest BCUT2D eigenvalue weighted by atomic mass is 32.2. The molecule has 0 aromatic carbocycles. The molecule has 0 bridgehead atoms. The molecule has 1 amide bonds. The van der Waals surface area contributed by atoms with Gasteiger partial charge in [0.15, 0.2) is 6.04 Å². The quantitative estimate of drug-likeness (QED) is 0.477. The molecule has 1 saturated heterocycles. The Labute approximate surface area is 91.4 Å². The molecule has 1 fully saturated rings. The van der Waals surface area contributed by atoms with Crippen LogP contribution in [0.4, 0.5) is 0 Å². The molecule has 1 rings (SSSR count). The Morgan fingerprint density at radius 3 is 2.67 bits per heavy atom. The molecule has 1 aliphatic heterocycles. The third kappa shape index (κ3) is 3.37. The van der Waals surface area contributed by atoms with E-state index in [4.69, 9.17) is 10.2 Å². The number of amides is 1. The summed E-state index contributed by atoms with van der Waals surface area (Å²) in [5.74, 6) is -0.306. The zero-order valence-electron chi connectivity index (χ0n) is 8.27. The number of carboxylic acids is 1. The lowest BCUT2D eigenvalue weighted by atomic mass is 10.1. The molecular formula is C8H14N2O4S. The summed E-state index contributed by atoms with van der Waals surface area (Å²) in [4.78, 5) is 22.2. The fourth-order valence-electron chi connectivity index (χ4n) is 1.21. The maximum Gasteiger partial charge on any atom is 0.328 e. The summed E-state index contributed by atoms with van der Waals surface area (Å²) in [7, 11) is 0. The molecule has 0 aliphatic carbocycles. The van der Waals surface area contributed by atoms with Gasteiger partial charge < -0.3 is 15.5 Å². The number of rotatable bonds is 4. The lowest BCUT2D eigenvalue weighted by Gasteiger charge is -2.19. The van der Waals surface area contributed by atoms with Gasteiger partial charge >= 0.3 is 5.97 Å². The van der Waals surface area contributed by atoms with E-state index in [-0.39, 0.29) is 11.9 Å². The Morgan fingerprint density at radius 1 is 1.60 bits per heavy atom. The van der Waals surface area contributed by atoms with Crippen molar-refractivity contribution >= 4 is 23.6 Å². The minimum atomic E-state index is -1.25. The zero-order chi connectivity index (χ0) is 11.4. The summed E-state index contributed by atoms with van der Waals surface area (Å²) in [6, 6.07) is -1.61. The van der Waals surface area contributed by atoms with Gasteiger partial charge in [-0.2, -0.15) is 0 Å². The van der Waals surface area contributed by atoms with Crippen molar-refractivity contribution in [2.24, 2.45) is 0 Å². The van der Waals surface area contributed by atoms with Crippen LogP contribution >= 0.6 is 11.8 Å². The van der Waals surface area contributed by atoms with Crippen LogP contribution in [0.3, 0.4) is 0 Å². The van der Waals surface area contributed by atoms with E-state index in [2.05, 4.69) is 10.6 Å². The van der Waals surface area contributed by atoms with Gasteiger partial charge in [-0.25, -0.2) is 4.79 Å². The maximum absolute atomic E-state index is 11.5. The molecular weight excluding hydrogens is 220 g/mol. The van der Waals surface area contributed by atoms with Gasteiger partial charge in [0, 0.05) is 11.6 Å². The average molecular weight is 234 g/mol. The molecule has 7 heteroatoms. The second-order valence-corrected chi connectivity index (χ2v) is 4.37. The Balaban J connectivity index is 2.50. The van der Waals surface area contributed by atoms with Gasteiger partial charge in [0.25, 0.3) is 0 Å². The van der Waals surface area contributed by atoms with Gasteiger partial charge in [0.1, 0.15) is 0 Å². The van der Waals surface area contributed by atoms with E-state index >= 15 is 0 Å². The van der Waals surface area contributed by atoms with Crippen molar-refractivity contribution in [1.82, 2.24) is 10.6 Å². The van der Waals surface area contributed by atoms with Crippen molar-refractivity contribution in [3.63, 3.8) is 0 Å². The van der Waals surface area contributed by atoms with Gasteiger partial charge in [-0.3, -0.25) is 10.1 Å². The van der Waals surface area contributed by atoms with Crippen molar-refractivity contribution in [3.05, 3.63) is 0 Å². The van der Waals surface area contributed by atoms with Crippen LogP contribution in [0.5, 0.6) is 0 Å². The van der Waals surface area contributed by atoms with Gasteiger partial charge in [-0.15, -0.1) is 11.8 Å². The molecule has 0 radical (unpaired) electrons. The van der Waals surface area contributed by atoms with Gasteiger partial charge in [-0.1, -0.05) is 0 Å². The van der Waals surface area contributed by atoms with E-state index in [1.807, 2.05) is 0 Å². The van der Waals surface area contributed by atoms with Crippen LogP contribution in [0.15, 0.2) is 0 Å². The van der Waals surface area contributed by atoms with Crippen molar-refractivity contribution in [3.8, 4) is 0 Å². The number of hydrogen-bond donors (Lipinski definition) is 4. The number of hydrogen-bond acceptors (Lipinski definition) is 5. The minimum absolute atomic E-state index is 0.365. The Bertz CT molecular complexity index is 253. The van der Waals surface area contributed by atoms with E-state index in [0.717, 1.165) is 0 Å². The molecule has 3 atom stereocenters. The number of aliphatic hydroxyl groups excluding tert-OH is 1. The minimum Gasteiger partial charge on any atom is -0.480 e. The molecule has 15 heavy (non-hydrogen) atoms. The first kappa shape index (κ1) is 12.3. The first-order valence-corrected chi connectivity index (χ1v) is 5.70. The molecule has 4 N–H and O–H groups in total. The molecule has 0 aromatic rings. The van der Waals surface area contributed by atoms with Crippen LogP contribution in [-0.4, -0.2) is 51.9 Å². The summed E-state index contributed by atoms with van der Waals surface area (Å²) in [5, 5.41) is 23.1. The highest BCUT2D eigenvalue weighted by Crippen LogP contribution is 2.09. The predicted molar refractivity (Wildman–Crippen MR) is 55.5 cm³/mol. The molecule has 0 saturated carbocycles. The molecule has 1 unspecified atom stereocenters. The van der Waals surface area contributed by atoms with E-state index in [1.165, 1.54) is 6.92 Å². The van der Waals surface area contributed by atoms with E-state index in [0.29, 0.717) is 11.6 Å². The van der Waals surface area contributed by atoms with Crippen LogP contribution in [0, 0.1) is 0 Å². The normalized spacial score (nSPS) is 24.5. The Hall–Kier alpha value is -0.790. The largest absolute Gasteiger partial charge is 0.480 e. The van der Waals surface area contributed by atoms with Crippen molar-refractivity contribution in [1.29, 1.82) is 0 Å². The number of aliphatic hydroxyl groups is 1. The number of carboxylic acid groups (broad SMARTS) is 1. The maximum atomic E-state index is 11.5. The molecule has 1 aliphatic rings. The highest BCUT2D eigenvalue weighted by Gasteiger charge is 2.29. The van der Waals surface area contributed by atoms with E-state index in [1.54, 1.807) is 11.8 Å². The second-order valence-electron chi connectivity index (χ2n) is 3.34. The van der Waals surface area contributed by atoms with Gasteiger partial charge in [-0.05, 0) is 6.92 Å².